The fourth-order valence-corrected chi connectivity index (χ4v) is 2.51. The van der Waals surface area contributed by atoms with Crippen molar-refractivity contribution in [2.45, 2.75) is 13.0 Å². The summed E-state index contributed by atoms with van der Waals surface area (Å²) in [7, 11) is 0. The fraction of sp³-hybridized carbons (Fsp3) is 0.0952. The Kier molecular flexibility index (Phi) is 5.09. The second-order valence-electron chi connectivity index (χ2n) is 5.85. The third kappa shape index (κ3) is 4.44. The minimum Gasteiger partial charge on any atom is -0.370 e. The Hall–Kier alpha value is -3.14. The van der Waals surface area contributed by atoms with Crippen LogP contribution in [0.25, 0.3) is 0 Å². The van der Waals surface area contributed by atoms with Gasteiger partial charge in [0.05, 0.1) is 0 Å². The van der Waals surface area contributed by atoms with Crippen LogP contribution in [0.3, 0.4) is 0 Å². The van der Waals surface area contributed by atoms with Gasteiger partial charge >= 0.3 is 0 Å². The summed E-state index contributed by atoms with van der Waals surface area (Å²) in [6, 6.07) is 22.5. The summed E-state index contributed by atoms with van der Waals surface area (Å²) < 4.78 is 13.0. The second kappa shape index (κ2) is 7.62. The molecule has 3 aromatic carbocycles. The molecule has 0 heterocycles. The number of carbonyl (C=O) groups excluding carboxylic acids is 1. The summed E-state index contributed by atoms with van der Waals surface area (Å²) >= 11 is 0. The van der Waals surface area contributed by atoms with E-state index in [4.69, 9.17) is 0 Å². The van der Waals surface area contributed by atoms with Crippen molar-refractivity contribution in [3.63, 3.8) is 0 Å². The van der Waals surface area contributed by atoms with Gasteiger partial charge in [-0.3, -0.25) is 4.79 Å². The lowest BCUT2D eigenvalue weighted by molar-refractivity contribution is -0.117. The maximum absolute atomic E-state index is 13.0. The van der Waals surface area contributed by atoms with E-state index in [1.54, 1.807) is 12.1 Å². The number of amides is 1. The van der Waals surface area contributed by atoms with Crippen molar-refractivity contribution in [3.05, 3.63) is 95.8 Å². The average Bonchev–Trinajstić information content (AvgIpc) is 2.64. The molecule has 0 aliphatic carbocycles. The van der Waals surface area contributed by atoms with Crippen LogP contribution in [0.2, 0.25) is 0 Å². The molecule has 2 N–H and O–H groups in total. The summed E-state index contributed by atoms with van der Waals surface area (Å²) in [5.41, 5.74) is 3.41. The first-order valence-electron chi connectivity index (χ1n) is 8.06. The standard InChI is InChI=1S/C21H19FN2O/c1-15-7-11-18(12-8-15)23-20(16-5-3-2-4-6-16)21(25)24-19-13-9-17(22)10-14-19/h2-14,20,23H,1H3,(H,24,25). The number of nitrogens with one attached hydrogen (secondary N) is 2. The molecule has 0 fully saturated rings. The zero-order valence-corrected chi connectivity index (χ0v) is 13.9. The predicted molar refractivity (Wildman–Crippen MR) is 99.0 cm³/mol. The van der Waals surface area contributed by atoms with Crippen molar-refractivity contribution in [2.24, 2.45) is 0 Å². The normalized spacial score (nSPS) is 11.6. The molecular weight excluding hydrogens is 315 g/mol. The summed E-state index contributed by atoms with van der Waals surface area (Å²) in [5.74, 6) is -0.547. The highest BCUT2D eigenvalue weighted by Crippen LogP contribution is 2.22. The number of anilines is 2. The first-order chi connectivity index (χ1) is 12.1. The Morgan fingerprint density at radius 2 is 1.44 bits per heavy atom. The highest BCUT2D eigenvalue weighted by atomic mass is 19.1. The first-order valence-corrected chi connectivity index (χ1v) is 8.06. The minimum atomic E-state index is -0.561. The van der Waals surface area contributed by atoms with Crippen LogP contribution in [0.4, 0.5) is 15.8 Å². The molecule has 3 rings (SSSR count). The third-order valence-corrected chi connectivity index (χ3v) is 3.87. The van der Waals surface area contributed by atoms with Crippen molar-refractivity contribution in [2.75, 3.05) is 10.6 Å². The SMILES string of the molecule is Cc1ccc(NC(C(=O)Nc2ccc(F)cc2)c2ccccc2)cc1. The van der Waals surface area contributed by atoms with Gasteiger partial charge in [0.2, 0.25) is 0 Å². The Morgan fingerprint density at radius 1 is 0.840 bits per heavy atom. The van der Waals surface area contributed by atoms with Gasteiger partial charge in [-0.25, -0.2) is 4.39 Å². The highest BCUT2D eigenvalue weighted by Gasteiger charge is 2.20. The highest BCUT2D eigenvalue weighted by molar-refractivity contribution is 5.97. The molecule has 0 aromatic heterocycles. The second-order valence-corrected chi connectivity index (χ2v) is 5.85. The molecule has 126 valence electrons. The Bertz CT molecular complexity index is 830. The molecule has 0 radical (unpaired) electrons. The van der Waals surface area contributed by atoms with Crippen LogP contribution in [-0.2, 0) is 4.79 Å². The third-order valence-electron chi connectivity index (χ3n) is 3.87. The minimum absolute atomic E-state index is 0.210. The lowest BCUT2D eigenvalue weighted by Crippen LogP contribution is -2.27. The Balaban J connectivity index is 1.83. The summed E-state index contributed by atoms with van der Waals surface area (Å²) in [6.45, 7) is 2.01. The van der Waals surface area contributed by atoms with Crippen LogP contribution >= 0.6 is 0 Å². The van der Waals surface area contributed by atoms with Gasteiger partial charge in [0, 0.05) is 11.4 Å². The molecule has 0 bridgehead atoms. The van der Waals surface area contributed by atoms with Gasteiger partial charge in [-0.15, -0.1) is 0 Å². The van der Waals surface area contributed by atoms with Gasteiger partial charge in [-0.2, -0.15) is 0 Å². The molecule has 0 saturated heterocycles. The molecule has 4 heteroatoms. The summed E-state index contributed by atoms with van der Waals surface area (Å²) in [5, 5.41) is 6.10. The van der Waals surface area contributed by atoms with E-state index in [0.717, 1.165) is 16.8 Å². The lowest BCUT2D eigenvalue weighted by atomic mass is 10.1. The Labute approximate surface area is 146 Å². The molecule has 3 nitrogen and oxygen atoms in total. The van der Waals surface area contributed by atoms with Gasteiger partial charge in [0.25, 0.3) is 5.91 Å². The van der Waals surface area contributed by atoms with Gasteiger partial charge in [0.1, 0.15) is 11.9 Å². The van der Waals surface area contributed by atoms with Crippen LogP contribution in [0.1, 0.15) is 17.2 Å². The Morgan fingerprint density at radius 3 is 2.08 bits per heavy atom. The number of benzene rings is 3. The number of hydrogen-bond acceptors (Lipinski definition) is 2. The van der Waals surface area contributed by atoms with E-state index in [9.17, 15) is 9.18 Å². The summed E-state index contributed by atoms with van der Waals surface area (Å²) in [6.07, 6.45) is 0. The van der Waals surface area contributed by atoms with Gasteiger partial charge in [0.15, 0.2) is 0 Å². The van der Waals surface area contributed by atoms with E-state index in [0.29, 0.717) is 5.69 Å². The van der Waals surface area contributed by atoms with Crippen LogP contribution in [-0.4, -0.2) is 5.91 Å². The van der Waals surface area contributed by atoms with Gasteiger partial charge in [-0.1, -0.05) is 48.0 Å². The zero-order chi connectivity index (χ0) is 17.6. The molecule has 25 heavy (non-hydrogen) atoms. The van der Waals surface area contributed by atoms with Crippen molar-refractivity contribution in [1.29, 1.82) is 0 Å². The van der Waals surface area contributed by atoms with Crippen molar-refractivity contribution >= 4 is 17.3 Å². The molecule has 1 unspecified atom stereocenters. The smallest absolute Gasteiger partial charge is 0.251 e. The fourth-order valence-electron chi connectivity index (χ4n) is 2.51. The molecule has 0 aliphatic heterocycles. The molecule has 1 amide bonds. The maximum Gasteiger partial charge on any atom is 0.251 e. The zero-order valence-electron chi connectivity index (χ0n) is 13.9. The van der Waals surface area contributed by atoms with Gasteiger partial charge < -0.3 is 10.6 Å². The topological polar surface area (TPSA) is 41.1 Å². The average molecular weight is 334 g/mol. The van der Waals surface area contributed by atoms with E-state index in [1.807, 2.05) is 61.5 Å². The lowest BCUT2D eigenvalue weighted by Gasteiger charge is -2.20. The van der Waals surface area contributed by atoms with E-state index in [1.165, 1.54) is 12.1 Å². The number of hydrogen-bond donors (Lipinski definition) is 2. The van der Waals surface area contributed by atoms with Crippen LogP contribution in [0, 0.1) is 12.7 Å². The number of rotatable bonds is 5. The summed E-state index contributed by atoms with van der Waals surface area (Å²) in [4.78, 5) is 12.8. The molecule has 0 spiro atoms. The predicted octanol–water partition coefficient (Wildman–Crippen LogP) is 4.93. The van der Waals surface area contributed by atoms with Crippen molar-refractivity contribution < 1.29 is 9.18 Å². The van der Waals surface area contributed by atoms with Crippen molar-refractivity contribution in [1.82, 2.24) is 0 Å². The number of aryl methyl sites for hydroxylation is 1. The molecule has 1 atom stereocenters. The monoisotopic (exact) mass is 334 g/mol. The maximum atomic E-state index is 13.0. The molecule has 0 saturated carbocycles. The molecular formula is C21H19FN2O. The largest absolute Gasteiger partial charge is 0.370 e. The quantitative estimate of drug-likeness (QED) is 0.695. The first kappa shape index (κ1) is 16.7. The molecule has 0 aliphatic rings. The van der Waals surface area contributed by atoms with E-state index in [-0.39, 0.29) is 11.7 Å². The number of halogens is 1. The van der Waals surface area contributed by atoms with E-state index >= 15 is 0 Å². The molecule has 3 aromatic rings. The van der Waals surface area contributed by atoms with E-state index in [2.05, 4.69) is 10.6 Å². The van der Waals surface area contributed by atoms with Gasteiger partial charge in [-0.05, 0) is 48.9 Å². The van der Waals surface area contributed by atoms with E-state index < -0.39 is 6.04 Å². The van der Waals surface area contributed by atoms with Crippen LogP contribution < -0.4 is 10.6 Å². The number of carbonyl (C=O) groups is 1. The van der Waals surface area contributed by atoms with Crippen molar-refractivity contribution in [3.8, 4) is 0 Å². The van der Waals surface area contributed by atoms with Crippen LogP contribution in [0.5, 0.6) is 0 Å². The van der Waals surface area contributed by atoms with Crippen LogP contribution in [0.15, 0.2) is 78.9 Å².